The van der Waals surface area contributed by atoms with Crippen LogP contribution in [0.5, 0.6) is 0 Å². The number of aromatic nitrogens is 3. The molecular weight excluding hydrogens is 386 g/mol. The third-order valence-electron chi connectivity index (χ3n) is 5.00. The molecule has 0 bridgehead atoms. The first-order chi connectivity index (χ1) is 14.6. The second-order valence-electron chi connectivity index (χ2n) is 6.95. The monoisotopic (exact) mass is 403 g/mol. The topological polar surface area (TPSA) is 115 Å². The normalized spacial score (nSPS) is 15.5. The van der Waals surface area contributed by atoms with E-state index in [1.807, 2.05) is 30.3 Å². The van der Waals surface area contributed by atoms with Gasteiger partial charge in [-0.3, -0.25) is 14.3 Å². The van der Waals surface area contributed by atoms with Crippen molar-refractivity contribution >= 4 is 23.5 Å². The summed E-state index contributed by atoms with van der Waals surface area (Å²) in [4.78, 5) is 25.0. The number of amides is 2. The van der Waals surface area contributed by atoms with Gasteiger partial charge in [0.1, 0.15) is 11.6 Å². The number of furan rings is 1. The molecule has 1 aromatic carbocycles. The smallest absolute Gasteiger partial charge is 0.279 e. The Kier molecular flexibility index (Phi) is 4.20. The molecule has 9 heteroatoms. The second-order valence-corrected chi connectivity index (χ2v) is 6.95. The molecule has 1 aliphatic rings. The number of rotatable bonds is 4. The van der Waals surface area contributed by atoms with E-state index in [1.165, 1.54) is 4.68 Å². The molecule has 0 fully saturated rings. The number of carbonyl (C=O) groups is 2. The van der Waals surface area contributed by atoms with E-state index in [0.29, 0.717) is 28.7 Å². The molecule has 0 radical (unpaired) electrons. The van der Waals surface area contributed by atoms with Crippen LogP contribution in [0.4, 0.5) is 11.6 Å². The van der Waals surface area contributed by atoms with E-state index in [0.717, 1.165) is 5.56 Å². The molecule has 1 aliphatic heterocycles. The van der Waals surface area contributed by atoms with Crippen molar-refractivity contribution in [3.63, 3.8) is 0 Å². The Labute approximate surface area is 170 Å². The number of aryl methyl sites for hydroxylation is 1. The van der Waals surface area contributed by atoms with Crippen LogP contribution in [0, 0.1) is 0 Å². The van der Waals surface area contributed by atoms with E-state index in [1.54, 1.807) is 31.5 Å². The highest BCUT2D eigenvalue weighted by Crippen LogP contribution is 2.41. The van der Waals surface area contributed by atoms with Gasteiger partial charge in [-0.1, -0.05) is 35.5 Å². The number of anilines is 2. The summed E-state index contributed by atoms with van der Waals surface area (Å²) in [7, 11) is 1.70. The molecule has 0 saturated carbocycles. The number of nitrogens with one attached hydrogen (secondary N) is 2. The zero-order valence-electron chi connectivity index (χ0n) is 16.0. The Morgan fingerprint density at radius 3 is 2.83 bits per heavy atom. The molecule has 1 atom stereocenters. The molecule has 4 heterocycles. The lowest BCUT2D eigenvalue weighted by Gasteiger charge is -2.22. The van der Waals surface area contributed by atoms with E-state index in [2.05, 4.69) is 20.9 Å². The van der Waals surface area contributed by atoms with Gasteiger partial charge in [-0.2, -0.15) is 5.10 Å². The average Bonchev–Trinajstić information content (AvgIpc) is 3.50. The van der Waals surface area contributed by atoms with Crippen LogP contribution >= 0.6 is 0 Å². The predicted octanol–water partition coefficient (Wildman–Crippen LogP) is 3.39. The maximum atomic E-state index is 12.8. The molecule has 150 valence electrons. The first kappa shape index (κ1) is 17.9. The van der Waals surface area contributed by atoms with Gasteiger partial charge >= 0.3 is 0 Å². The van der Waals surface area contributed by atoms with Gasteiger partial charge in [0, 0.05) is 25.1 Å². The van der Waals surface area contributed by atoms with Gasteiger partial charge in [0.25, 0.3) is 5.91 Å². The molecule has 3 aromatic heterocycles. The third-order valence-corrected chi connectivity index (χ3v) is 5.00. The van der Waals surface area contributed by atoms with Crippen LogP contribution in [0.3, 0.4) is 0 Å². The van der Waals surface area contributed by atoms with Gasteiger partial charge in [-0.15, -0.1) is 0 Å². The highest BCUT2D eigenvalue weighted by Gasteiger charge is 2.35. The molecule has 0 aliphatic carbocycles. The van der Waals surface area contributed by atoms with Crippen molar-refractivity contribution in [3.05, 3.63) is 71.8 Å². The lowest BCUT2D eigenvalue weighted by atomic mass is 9.91. The quantitative estimate of drug-likeness (QED) is 0.540. The fraction of sp³-hybridized carbons (Fsp3) is 0.143. The molecule has 5 rings (SSSR count). The Morgan fingerprint density at radius 1 is 1.23 bits per heavy atom. The van der Waals surface area contributed by atoms with Gasteiger partial charge in [-0.25, -0.2) is 0 Å². The molecule has 9 nitrogen and oxygen atoms in total. The number of hydrogen-bond acceptors (Lipinski definition) is 6. The van der Waals surface area contributed by atoms with Crippen LogP contribution in [0.25, 0.3) is 11.3 Å². The first-order valence-corrected chi connectivity index (χ1v) is 9.34. The number of carbonyl (C=O) groups excluding carboxylic acids is 2. The van der Waals surface area contributed by atoms with Crippen molar-refractivity contribution in [1.82, 2.24) is 14.9 Å². The number of benzene rings is 1. The van der Waals surface area contributed by atoms with Crippen LogP contribution in [-0.4, -0.2) is 26.8 Å². The Balaban J connectivity index is 1.46. The second kappa shape index (κ2) is 7.03. The van der Waals surface area contributed by atoms with Crippen LogP contribution in [0.2, 0.25) is 0 Å². The zero-order chi connectivity index (χ0) is 20.7. The highest BCUT2D eigenvalue weighted by molar-refractivity contribution is 6.04. The van der Waals surface area contributed by atoms with Gasteiger partial charge in [0.2, 0.25) is 5.91 Å². The van der Waals surface area contributed by atoms with Crippen molar-refractivity contribution < 1.29 is 18.5 Å². The first-order valence-electron chi connectivity index (χ1n) is 9.34. The third kappa shape index (κ3) is 3.06. The summed E-state index contributed by atoms with van der Waals surface area (Å²) < 4.78 is 12.4. The summed E-state index contributed by atoms with van der Waals surface area (Å²) >= 11 is 0. The number of hydrogen-bond donors (Lipinski definition) is 2. The summed E-state index contributed by atoms with van der Waals surface area (Å²) in [5, 5.41) is 13.9. The molecule has 30 heavy (non-hydrogen) atoms. The van der Waals surface area contributed by atoms with Crippen LogP contribution in [0.1, 0.15) is 34.2 Å². The van der Waals surface area contributed by atoms with Crippen molar-refractivity contribution in [3.8, 4) is 11.3 Å². The maximum absolute atomic E-state index is 12.8. The van der Waals surface area contributed by atoms with E-state index in [4.69, 9.17) is 8.94 Å². The van der Waals surface area contributed by atoms with E-state index < -0.39 is 5.91 Å². The van der Waals surface area contributed by atoms with Crippen molar-refractivity contribution in [1.29, 1.82) is 0 Å². The predicted molar refractivity (Wildman–Crippen MR) is 107 cm³/mol. The van der Waals surface area contributed by atoms with E-state index in [9.17, 15) is 9.59 Å². The highest BCUT2D eigenvalue weighted by atomic mass is 16.5. The average molecular weight is 403 g/mol. The Bertz CT molecular complexity index is 1220. The summed E-state index contributed by atoms with van der Waals surface area (Å²) in [6.07, 6.45) is 1.74. The minimum Gasteiger partial charge on any atom is -0.469 e. The van der Waals surface area contributed by atoms with Gasteiger partial charge in [0.05, 0.1) is 17.7 Å². The lowest BCUT2D eigenvalue weighted by molar-refractivity contribution is -0.116. The largest absolute Gasteiger partial charge is 0.469 e. The van der Waals surface area contributed by atoms with E-state index >= 15 is 0 Å². The summed E-state index contributed by atoms with van der Waals surface area (Å²) in [5.74, 6) is 1.01. The zero-order valence-corrected chi connectivity index (χ0v) is 16.0. The summed E-state index contributed by atoms with van der Waals surface area (Å²) in [5.41, 5.74) is 1.63. The van der Waals surface area contributed by atoms with E-state index in [-0.39, 0.29) is 23.9 Å². The van der Waals surface area contributed by atoms with Crippen molar-refractivity contribution in [2.45, 2.75) is 12.3 Å². The lowest BCUT2D eigenvalue weighted by Crippen LogP contribution is -2.25. The Hall–Kier alpha value is -4.14. The van der Waals surface area contributed by atoms with Crippen molar-refractivity contribution in [2.24, 2.45) is 7.05 Å². The molecular formula is C21H17N5O4. The standard InChI is InChI=1S/C21H17N5O4/c1-26-20-18(13(10-17(27)22-20)15-8-5-9-29-15)19(24-26)23-21(28)14-11-16(30-25-14)12-6-3-2-4-7-12/h2-9,11,13H,10H2,1H3,(H,22,27)(H,23,24,28)/t13-/m1/s1. The summed E-state index contributed by atoms with van der Waals surface area (Å²) in [6, 6.07) is 14.5. The molecule has 2 amide bonds. The fourth-order valence-electron chi connectivity index (χ4n) is 3.61. The van der Waals surface area contributed by atoms with Crippen LogP contribution in [-0.2, 0) is 11.8 Å². The van der Waals surface area contributed by atoms with Crippen molar-refractivity contribution in [2.75, 3.05) is 10.6 Å². The molecule has 4 aromatic rings. The minimum atomic E-state index is -0.461. The number of fused-ring (bicyclic) bond motifs is 1. The fourth-order valence-corrected chi connectivity index (χ4v) is 3.61. The Morgan fingerprint density at radius 2 is 2.07 bits per heavy atom. The number of nitrogens with zero attached hydrogens (tertiary/aromatic N) is 3. The van der Waals surface area contributed by atoms with Crippen LogP contribution in [0.15, 0.2) is 63.7 Å². The van der Waals surface area contributed by atoms with Gasteiger partial charge in [-0.05, 0) is 12.1 Å². The minimum absolute atomic E-state index is 0.127. The molecule has 0 saturated heterocycles. The van der Waals surface area contributed by atoms with Gasteiger partial charge < -0.3 is 19.6 Å². The van der Waals surface area contributed by atoms with Crippen LogP contribution < -0.4 is 10.6 Å². The molecule has 0 spiro atoms. The molecule has 0 unspecified atom stereocenters. The van der Waals surface area contributed by atoms with Gasteiger partial charge in [0.15, 0.2) is 17.3 Å². The molecule has 2 N–H and O–H groups in total. The summed E-state index contributed by atoms with van der Waals surface area (Å²) in [6.45, 7) is 0. The maximum Gasteiger partial charge on any atom is 0.279 e. The SMILES string of the molecule is Cn1nc(NC(=O)c2cc(-c3ccccc3)on2)c2c1NC(=O)C[C@@H]2c1ccco1.